The molecule has 1 unspecified atom stereocenters. The van der Waals surface area contributed by atoms with E-state index in [0.29, 0.717) is 12.2 Å². The van der Waals surface area contributed by atoms with Crippen LogP contribution in [0.15, 0.2) is 0 Å². The molecule has 0 saturated heterocycles. The molecule has 6 heteroatoms. The Hall–Kier alpha value is -0.0700. The molecule has 0 spiro atoms. The third kappa shape index (κ3) is 7.93. The Labute approximate surface area is 66.4 Å². The zero-order chi connectivity index (χ0) is 7.98. The van der Waals surface area contributed by atoms with Crippen LogP contribution in [0.5, 0.6) is 0 Å². The normalized spacial score (nSPS) is 12.9. The van der Waals surface area contributed by atoms with Gasteiger partial charge in [0.1, 0.15) is 0 Å². The summed E-state index contributed by atoms with van der Waals surface area (Å²) in [5.74, 6) is 0.905. The summed E-state index contributed by atoms with van der Waals surface area (Å²) in [6.45, 7) is 0. The molecular weight excluding hydrogens is 172 g/mol. The zero-order valence-electron chi connectivity index (χ0n) is 5.37. The summed E-state index contributed by atoms with van der Waals surface area (Å²) in [4.78, 5) is 0. The molecule has 0 radical (unpaired) electrons. The minimum atomic E-state index is -1.70. The van der Waals surface area contributed by atoms with Gasteiger partial charge in [-0.3, -0.25) is 5.41 Å². The first-order chi connectivity index (χ1) is 4.63. The van der Waals surface area contributed by atoms with Crippen molar-refractivity contribution in [3.63, 3.8) is 0 Å². The van der Waals surface area contributed by atoms with Gasteiger partial charge in [0.05, 0.1) is 5.75 Å². The Balaban J connectivity index is 3.06. The lowest BCUT2D eigenvalue weighted by Gasteiger charge is -1.95. The average molecular weight is 182 g/mol. The second kappa shape index (κ2) is 5.70. The van der Waals surface area contributed by atoms with Gasteiger partial charge in [-0.1, -0.05) is 11.8 Å². The molecule has 4 N–H and O–H groups in total. The van der Waals surface area contributed by atoms with Crippen molar-refractivity contribution >= 4 is 28.0 Å². The van der Waals surface area contributed by atoms with Crippen LogP contribution in [-0.2, 0) is 11.1 Å². The number of thioether (sulfide) groups is 1. The van der Waals surface area contributed by atoms with E-state index in [1.54, 1.807) is 0 Å². The maximum Gasteiger partial charge on any atom is 0.152 e. The Morgan fingerprint density at radius 2 is 2.40 bits per heavy atom. The molecule has 1 atom stereocenters. The van der Waals surface area contributed by atoms with E-state index >= 15 is 0 Å². The van der Waals surface area contributed by atoms with E-state index in [1.807, 2.05) is 0 Å². The van der Waals surface area contributed by atoms with Crippen molar-refractivity contribution < 1.29 is 8.76 Å². The Bertz CT molecular complexity index is 123. The summed E-state index contributed by atoms with van der Waals surface area (Å²) in [7, 11) is 0. The Morgan fingerprint density at radius 3 is 2.80 bits per heavy atom. The number of amidine groups is 1. The highest BCUT2D eigenvalue weighted by Crippen LogP contribution is 2.00. The maximum atomic E-state index is 10.1. The number of nitrogens with two attached hydrogens (primary N) is 1. The molecule has 0 rings (SSSR count). The van der Waals surface area contributed by atoms with Crippen LogP contribution < -0.4 is 5.73 Å². The van der Waals surface area contributed by atoms with Gasteiger partial charge in [-0.05, 0) is 6.42 Å². The van der Waals surface area contributed by atoms with Gasteiger partial charge in [0, 0.05) is 5.75 Å². The molecule has 0 bridgehead atoms. The maximum absolute atomic E-state index is 10.1. The number of hydrogen-bond acceptors (Lipinski definition) is 3. The van der Waals surface area contributed by atoms with E-state index in [0.717, 1.165) is 0 Å². The van der Waals surface area contributed by atoms with Gasteiger partial charge in [-0.25, -0.2) is 4.21 Å². The minimum Gasteiger partial charge on any atom is -0.379 e. The largest absolute Gasteiger partial charge is 0.379 e. The van der Waals surface area contributed by atoms with Crippen LogP contribution in [0.3, 0.4) is 0 Å². The summed E-state index contributed by atoms with van der Waals surface area (Å²) in [5.41, 5.74) is 5.02. The van der Waals surface area contributed by atoms with Gasteiger partial charge in [-0.15, -0.1) is 0 Å². The average Bonchev–Trinajstić information content (AvgIpc) is 1.79. The zero-order valence-corrected chi connectivity index (χ0v) is 7.00. The van der Waals surface area contributed by atoms with Gasteiger partial charge < -0.3 is 10.3 Å². The van der Waals surface area contributed by atoms with Gasteiger partial charge in [0.2, 0.25) is 0 Å². The summed E-state index contributed by atoms with van der Waals surface area (Å²) >= 11 is -0.516. The molecule has 4 nitrogen and oxygen atoms in total. The number of nitrogens with one attached hydrogen (secondary N) is 1. The fraction of sp³-hybridized carbons (Fsp3) is 0.750. The second-order valence-corrected chi connectivity index (χ2v) is 3.78. The van der Waals surface area contributed by atoms with E-state index < -0.39 is 11.1 Å². The molecule has 0 aromatic carbocycles. The molecule has 0 aromatic heterocycles. The van der Waals surface area contributed by atoms with E-state index in [9.17, 15) is 4.21 Å². The topological polar surface area (TPSA) is 87.2 Å². The third-order valence-corrected chi connectivity index (χ3v) is 2.16. The molecule has 0 saturated carbocycles. The third-order valence-electron chi connectivity index (χ3n) is 0.721. The molecule has 0 aliphatic rings. The Kier molecular flexibility index (Phi) is 5.66. The SMILES string of the molecule is N=C(N)SCCCS(=O)O. The highest BCUT2D eigenvalue weighted by molar-refractivity contribution is 8.13. The first-order valence-electron chi connectivity index (χ1n) is 2.67. The molecule has 0 aliphatic heterocycles. The van der Waals surface area contributed by atoms with Crippen molar-refractivity contribution in [1.82, 2.24) is 0 Å². The van der Waals surface area contributed by atoms with Gasteiger partial charge in [0.15, 0.2) is 16.2 Å². The van der Waals surface area contributed by atoms with E-state index in [2.05, 4.69) is 0 Å². The second-order valence-electron chi connectivity index (χ2n) is 1.59. The van der Waals surface area contributed by atoms with Crippen molar-refractivity contribution in [3.8, 4) is 0 Å². The van der Waals surface area contributed by atoms with Crippen LogP contribution in [0.2, 0.25) is 0 Å². The van der Waals surface area contributed by atoms with Crippen LogP contribution >= 0.6 is 11.8 Å². The van der Waals surface area contributed by atoms with E-state index in [4.69, 9.17) is 15.7 Å². The molecule has 0 aliphatic carbocycles. The molecular formula is C4H10N2O2S2. The predicted octanol–water partition coefficient (Wildman–Crippen LogP) is 0.225. The van der Waals surface area contributed by atoms with Crippen LogP contribution in [0.25, 0.3) is 0 Å². The molecule has 0 fully saturated rings. The molecule has 10 heavy (non-hydrogen) atoms. The van der Waals surface area contributed by atoms with Crippen LogP contribution in [0, 0.1) is 5.41 Å². The summed E-state index contributed by atoms with van der Waals surface area (Å²) in [6, 6.07) is 0. The lowest BCUT2D eigenvalue weighted by Crippen LogP contribution is -2.05. The predicted molar refractivity (Wildman–Crippen MR) is 44.6 cm³/mol. The molecule has 0 amide bonds. The monoisotopic (exact) mass is 182 g/mol. The first-order valence-corrected chi connectivity index (χ1v) is 4.93. The smallest absolute Gasteiger partial charge is 0.152 e. The van der Waals surface area contributed by atoms with Crippen molar-refractivity contribution in [2.45, 2.75) is 6.42 Å². The standard InChI is InChI=1S/C4H10N2O2S2/c5-4(6)9-2-1-3-10(7)8/h1-3H2,(H3,5,6)(H,7,8). The van der Waals surface area contributed by atoms with Crippen LogP contribution in [0.1, 0.15) is 6.42 Å². The Morgan fingerprint density at radius 1 is 1.80 bits per heavy atom. The highest BCUT2D eigenvalue weighted by atomic mass is 32.2. The van der Waals surface area contributed by atoms with Crippen LogP contribution in [-0.4, -0.2) is 25.4 Å². The fourth-order valence-corrected chi connectivity index (χ4v) is 1.45. The summed E-state index contributed by atoms with van der Waals surface area (Å²) in [6.07, 6.45) is 0.618. The van der Waals surface area contributed by atoms with Gasteiger partial charge in [-0.2, -0.15) is 0 Å². The number of rotatable bonds is 4. The van der Waals surface area contributed by atoms with Gasteiger partial charge in [0.25, 0.3) is 0 Å². The fourth-order valence-electron chi connectivity index (χ4n) is 0.365. The van der Waals surface area contributed by atoms with E-state index in [1.165, 1.54) is 11.8 Å². The first kappa shape index (κ1) is 9.93. The van der Waals surface area contributed by atoms with Crippen LogP contribution in [0.4, 0.5) is 0 Å². The van der Waals surface area contributed by atoms with Crippen molar-refractivity contribution in [1.29, 1.82) is 5.41 Å². The lowest BCUT2D eigenvalue weighted by molar-refractivity contribution is 0.563. The van der Waals surface area contributed by atoms with Crippen molar-refractivity contribution in [2.24, 2.45) is 5.73 Å². The lowest BCUT2D eigenvalue weighted by atomic mass is 10.6. The quantitative estimate of drug-likeness (QED) is 0.251. The highest BCUT2D eigenvalue weighted by Gasteiger charge is 1.94. The summed E-state index contributed by atoms with van der Waals surface area (Å²) in [5, 5.41) is 6.84. The van der Waals surface area contributed by atoms with E-state index in [-0.39, 0.29) is 10.9 Å². The van der Waals surface area contributed by atoms with Crippen molar-refractivity contribution in [2.75, 3.05) is 11.5 Å². The molecule has 0 heterocycles. The molecule has 0 aromatic rings. The summed E-state index contributed by atoms with van der Waals surface area (Å²) < 4.78 is 18.4. The van der Waals surface area contributed by atoms with Gasteiger partial charge >= 0.3 is 0 Å². The minimum absolute atomic E-state index is 0.0590. The number of hydrogen-bond donors (Lipinski definition) is 3. The van der Waals surface area contributed by atoms with Crippen molar-refractivity contribution in [3.05, 3.63) is 0 Å². The molecule has 60 valence electrons.